The first-order chi connectivity index (χ1) is 10.0. The van der Waals surface area contributed by atoms with Crippen molar-refractivity contribution in [1.82, 2.24) is 0 Å². The zero-order chi connectivity index (χ0) is 15.5. The summed E-state index contributed by atoms with van der Waals surface area (Å²) in [6.07, 6.45) is 0. The maximum absolute atomic E-state index is 10.9. The molecule has 2 rings (SSSR count). The summed E-state index contributed by atoms with van der Waals surface area (Å²) in [4.78, 5) is 0. The van der Waals surface area contributed by atoms with Gasteiger partial charge in [-0.15, -0.1) is 0 Å². The standard InChI is InChI=1S/C17H20O4/c1-17(18,12-6-5-7-14(10-12)19-2)13-8-9-15(20-3)16(11-13)21-4/h5-11,18H,1-4H3. The predicted molar refractivity (Wildman–Crippen MR) is 81.2 cm³/mol. The van der Waals surface area contributed by atoms with Crippen LogP contribution in [0.1, 0.15) is 18.1 Å². The van der Waals surface area contributed by atoms with Crippen molar-refractivity contribution in [3.8, 4) is 17.2 Å². The quantitative estimate of drug-likeness (QED) is 0.919. The molecule has 0 aromatic heterocycles. The summed E-state index contributed by atoms with van der Waals surface area (Å²) < 4.78 is 15.7. The minimum Gasteiger partial charge on any atom is -0.497 e. The molecule has 21 heavy (non-hydrogen) atoms. The van der Waals surface area contributed by atoms with Crippen LogP contribution in [0, 0.1) is 0 Å². The van der Waals surface area contributed by atoms with Crippen LogP contribution in [-0.2, 0) is 5.60 Å². The Labute approximate surface area is 124 Å². The van der Waals surface area contributed by atoms with E-state index in [1.54, 1.807) is 40.4 Å². The van der Waals surface area contributed by atoms with Gasteiger partial charge in [0, 0.05) is 0 Å². The minimum absolute atomic E-state index is 0.582. The van der Waals surface area contributed by atoms with Gasteiger partial charge in [-0.1, -0.05) is 18.2 Å². The van der Waals surface area contributed by atoms with Gasteiger partial charge in [0.15, 0.2) is 11.5 Å². The van der Waals surface area contributed by atoms with E-state index in [4.69, 9.17) is 14.2 Å². The van der Waals surface area contributed by atoms with Crippen LogP contribution in [0.2, 0.25) is 0 Å². The predicted octanol–water partition coefficient (Wildman–Crippen LogP) is 2.97. The maximum Gasteiger partial charge on any atom is 0.161 e. The van der Waals surface area contributed by atoms with Gasteiger partial charge in [0.25, 0.3) is 0 Å². The number of aliphatic hydroxyl groups is 1. The van der Waals surface area contributed by atoms with Crippen LogP contribution in [-0.4, -0.2) is 26.4 Å². The first-order valence-electron chi connectivity index (χ1n) is 6.62. The van der Waals surface area contributed by atoms with Gasteiger partial charge < -0.3 is 19.3 Å². The van der Waals surface area contributed by atoms with Crippen molar-refractivity contribution in [2.75, 3.05) is 21.3 Å². The van der Waals surface area contributed by atoms with Crippen LogP contribution < -0.4 is 14.2 Å². The Balaban J connectivity index is 2.47. The Morgan fingerprint density at radius 1 is 0.810 bits per heavy atom. The molecule has 1 N–H and O–H groups in total. The zero-order valence-corrected chi connectivity index (χ0v) is 12.7. The SMILES string of the molecule is COc1cccc(C(C)(O)c2ccc(OC)c(OC)c2)c1. The van der Waals surface area contributed by atoms with E-state index in [0.29, 0.717) is 22.8 Å². The first-order valence-corrected chi connectivity index (χ1v) is 6.62. The largest absolute Gasteiger partial charge is 0.497 e. The van der Waals surface area contributed by atoms with Crippen LogP contribution in [0.25, 0.3) is 0 Å². The molecular formula is C17H20O4. The monoisotopic (exact) mass is 288 g/mol. The highest BCUT2D eigenvalue weighted by atomic mass is 16.5. The van der Waals surface area contributed by atoms with Gasteiger partial charge in [-0.3, -0.25) is 0 Å². The minimum atomic E-state index is -1.16. The molecule has 0 aliphatic rings. The molecule has 2 aromatic rings. The Morgan fingerprint density at radius 2 is 1.48 bits per heavy atom. The van der Waals surface area contributed by atoms with E-state index in [1.165, 1.54) is 0 Å². The number of benzene rings is 2. The summed E-state index contributed by atoms with van der Waals surface area (Å²) in [5, 5.41) is 10.9. The van der Waals surface area contributed by atoms with Gasteiger partial charge in [0.2, 0.25) is 0 Å². The second-order valence-corrected chi connectivity index (χ2v) is 4.87. The number of ether oxygens (including phenoxy) is 3. The molecule has 0 radical (unpaired) electrons. The number of methoxy groups -OCH3 is 3. The number of rotatable bonds is 5. The van der Waals surface area contributed by atoms with E-state index in [0.717, 1.165) is 5.56 Å². The van der Waals surface area contributed by atoms with Crippen LogP contribution >= 0.6 is 0 Å². The fourth-order valence-electron chi connectivity index (χ4n) is 2.23. The molecule has 0 aliphatic carbocycles. The second-order valence-electron chi connectivity index (χ2n) is 4.87. The van der Waals surface area contributed by atoms with E-state index in [-0.39, 0.29) is 0 Å². The van der Waals surface area contributed by atoms with Gasteiger partial charge in [0.05, 0.1) is 21.3 Å². The lowest BCUT2D eigenvalue weighted by Crippen LogP contribution is -2.22. The highest BCUT2D eigenvalue weighted by Crippen LogP contribution is 2.36. The average Bonchev–Trinajstić information content (AvgIpc) is 2.54. The van der Waals surface area contributed by atoms with Gasteiger partial charge in [0.1, 0.15) is 11.4 Å². The maximum atomic E-state index is 10.9. The molecule has 0 aliphatic heterocycles. The van der Waals surface area contributed by atoms with Crippen LogP contribution in [0.5, 0.6) is 17.2 Å². The van der Waals surface area contributed by atoms with E-state index < -0.39 is 5.60 Å². The van der Waals surface area contributed by atoms with Crippen LogP contribution in [0.15, 0.2) is 42.5 Å². The van der Waals surface area contributed by atoms with E-state index in [2.05, 4.69) is 0 Å². The molecule has 0 spiro atoms. The summed E-state index contributed by atoms with van der Waals surface area (Å²) in [6.45, 7) is 1.74. The van der Waals surface area contributed by atoms with Crippen molar-refractivity contribution in [3.05, 3.63) is 53.6 Å². The Kier molecular flexibility index (Phi) is 4.38. The third kappa shape index (κ3) is 2.95. The molecule has 4 nitrogen and oxygen atoms in total. The molecule has 2 aromatic carbocycles. The molecule has 0 saturated heterocycles. The Hall–Kier alpha value is -2.20. The fourth-order valence-corrected chi connectivity index (χ4v) is 2.23. The molecule has 112 valence electrons. The van der Waals surface area contributed by atoms with Gasteiger partial charge >= 0.3 is 0 Å². The molecular weight excluding hydrogens is 268 g/mol. The smallest absolute Gasteiger partial charge is 0.161 e. The number of hydrogen-bond acceptors (Lipinski definition) is 4. The lowest BCUT2D eigenvalue weighted by atomic mass is 9.88. The summed E-state index contributed by atoms with van der Waals surface area (Å²) in [5.74, 6) is 1.91. The summed E-state index contributed by atoms with van der Waals surface area (Å²) in [7, 11) is 4.75. The number of hydrogen-bond donors (Lipinski definition) is 1. The third-order valence-electron chi connectivity index (χ3n) is 3.58. The highest BCUT2D eigenvalue weighted by Gasteiger charge is 2.27. The molecule has 0 bridgehead atoms. The normalized spacial score (nSPS) is 13.4. The third-order valence-corrected chi connectivity index (χ3v) is 3.58. The van der Waals surface area contributed by atoms with E-state index in [9.17, 15) is 5.11 Å². The van der Waals surface area contributed by atoms with Gasteiger partial charge in [-0.05, 0) is 42.3 Å². The summed E-state index contributed by atoms with van der Waals surface area (Å²) in [6, 6.07) is 12.7. The first kappa shape index (κ1) is 15.2. The van der Waals surface area contributed by atoms with Crippen LogP contribution in [0.3, 0.4) is 0 Å². The molecule has 0 heterocycles. The van der Waals surface area contributed by atoms with Gasteiger partial charge in [-0.2, -0.15) is 0 Å². The van der Waals surface area contributed by atoms with Crippen molar-refractivity contribution in [2.45, 2.75) is 12.5 Å². The second kappa shape index (κ2) is 6.06. The Bertz CT molecular complexity index is 620. The summed E-state index contributed by atoms with van der Waals surface area (Å²) >= 11 is 0. The van der Waals surface area contributed by atoms with Crippen molar-refractivity contribution in [1.29, 1.82) is 0 Å². The summed E-state index contributed by atoms with van der Waals surface area (Å²) in [5.41, 5.74) is 0.302. The van der Waals surface area contributed by atoms with Gasteiger partial charge in [-0.25, -0.2) is 0 Å². The fraction of sp³-hybridized carbons (Fsp3) is 0.294. The average molecular weight is 288 g/mol. The van der Waals surface area contributed by atoms with E-state index in [1.807, 2.05) is 30.3 Å². The molecule has 0 fully saturated rings. The Morgan fingerprint density at radius 3 is 2.10 bits per heavy atom. The molecule has 0 amide bonds. The molecule has 1 atom stereocenters. The lowest BCUT2D eigenvalue weighted by molar-refractivity contribution is 0.102. The van der Waals surface area contributed by atoms with Crippen molar-refractivity contribution < 1.29 is 19.3 Å². The van der Waals surface area contributed by atoms with E-state index >= 15 is 0 Å². The molecule has 4 heteroatoms. The van der Waals surface area contributed by atoms with Crippen molar-refractivity contribution >= 4 is 0 Å². The topological polar surface area (TPSA) is 47.9 Å². The lowest BCUT2D eigenvalue weighted by Gasteiger charge is -2.25. The zero-order valence-electron chi connectivity index (χ0n) is 12.7. The van der Waals surface area contributed by atoms with Crippen molar-refractivity contribution in [2.24, 2.45) is 0 Å². The molecule has 0 saturated carbocycles. The highest BCUT2D eigenvalue weighted by molar-refractivity contribution is 5.47. The molecule has 1 unspecified atom stereocenters. The van der Waals surface area contributed by atoms with Crippen molar-refractivity contribution in [3.63, 3.8) is 0 Å². The van der Waals surface area contributed by atoms with Crippen LogP contribution in [0.4, 0.5) is 0 Å².